The van der Waals surface area contributed by atoms with E-state index in [9.17, 15) is 14.4 Å². The van der Waals surface area contributed by atoms with Crippen LogP contribution < -0.4 is 16.4 Å². The Morgan fingerprint density at radius 2 is 1.44 bits per heavy atom. The molecule has 0 radical (unpaired) electrons. The number of hydrogen-bond donors (Lipinski definition) is 2. The Morgan fingerprint density at radius 1 is 0.853 bits per heavy atom. The molecule has 2 aliphatic rings. The summed E-state index contributed by atoms with van der Waals surface area (Å²) in [5, 5.41) is 6.90. The Bertz CT molecular complexity index is 1220. The highest BCUT2D eigenvalue weighted by molar-refractivity contribution is 7.66. The number of nitrogens with one attached hydrogen (secondary N) is 1. The van der Waals surface area contributed by atoms with Crippen molar-refractivity contribution in [1.29, 1.82) is 0 Å². The average molecular weight is 472 g/mol. The minimum absolute atomic E-state index is 0.138. The molecule has 8 heteroatoms. The Balaban J connectivity index is 1.56. The molecular weight excluding hydrogens is 447 g/mol. The van der Waals surface area contributed by atoms with Crippen molar-refractivity contribution in [2.24, 2.45) is 5.73 Å². The molecule has 2 aliphatic heterocycles. The first-order valence-electron chi connectivity index (χ1n) is 11.2. The van der Waals surface area contributed by atoms with E-state index < -0.39 is 19.6 Å². The Hall–Kier alpha value is -3.54. The molecule has 3 aromatic rings. The molecule has 7 nitrogen and oxygen atoms in total. The molecule has 0 bridgehead atoms. The molecule has 5 rings (SSSR count). The van der Waals surface area contributed by atoms with Crippen LogP contribution in [0.3, 0.4) is 0 Å². The lowest BCUT2D eigenvalue weighted by molar-refractivity contribution is -0.171. The van der Waals surface area contributed by atoms with E-state index in [2.05, 4.69) is 5.32 Å². The summed E-state index contributed by atoms with van der Waals surface area (Å²) in [4.78, 5) is 39.3. The lowest BCUT2D eigenvalue weighted by Gasteiger charge is -2.36. The standard InChI is InChI=1S/C26H25N4O3P/c27-26-30-23(32)16-15-22(31)29(30)25(34(26)19-11-5-2-6-12-19)21-14-8-7-13-20(21)24(33)28-17-18-9-3-1-4-10-18/h1-14,25-26H,15-17,27H2,(H,28,33)/t25-,26-,34?/m0/s1. The van der Waals surface area contributed by atoms with E-state index in [1.54, 1.807) is 6.07 Å². The third-order valence-electron chi connectivity index (χ3n) is 6.16. The van der Waals surface area contributed by atoms with Gasteiger partial charge < -0.3 is 11.1 Å². The Morgan fingerprint density at radius 3 is 2.15 bits per heavy atom. The number of rotatable bonds is 5. The number of hydrogen-bond acceptors (Lipinski definition) is 4. The highest BCUT2D eigenvalue weighted by Crippen LogP contribution is 2.62. The molecule has 0 aliphatic carbocycles. The second-order valence-electron chi connectivity index (χ2n) is 8.26. The first kappa shape index (κ1) is 22.3. The first-order chi connectivity index (χ1) is 16.6. The molecule has 2 saturated heterocycles. The van der Waals surface area contributed by atoms with Crippen molar-refractivity contribution in [3.05, 3.63) is 102 Å². The fraction of sp³-hybridized carbons (Fsp3) is 0.192. The summed E-state index contributed by atoms with van der Waals surface area (Å²) in [7, 11) is -1.23. The Kier molecular flexibility index (Phi) is 6.14. The lowest BCUT2D eigenvalue weighted by Crippen LogP contribution is -2.54. The summed E-state index contributed by atoms with van der Waals surface area (Å²) in [6.45, 7) is 0.388. The third kappa shape index (κ3) is 3.98. The van der Waals surface area contributed by atoms with Gasteiger partial charge in [0.2, 0.25) is 11.8 Å². The number of nitrogens with two attached hydrogens (primary N) is 1. The van der Waals surface area contributed by atoms with Crippen molar-refractivity contribution in [3.8, 4) is 0 Å². The predicted octanol–water partition coefficient (Wildman–Crippen LogP) is 3.04. The quantitative estimate of drug-likeness (QED) is 0.558. The van der Waals surface area contributed by atoms with Crippen molar-refractivity contribution < 1.29 is 14.4 Å². The van der Waals surface area contributed by atoms with Crippen molar-refractivity contribution in [3.63, 3.8) is 0 Å². The van der Waals surface area contributed by atoms with Crippen LogP contribution in [-0.2, 0) is 16.1 Å². The van der Waals surface area contributed by atoms with Gasteiger partial charge in [0.25, 0.3) is 5.91 Å². The summed E-state index contributed by atoms with van der Waals surface area (Å²) < 4.78 is 0. The van der Waals surface area contributed by atoms with Gasteiger partial charge in [-0.15, -0.1) is 0 Å². The average Bonchev–Trinajstić information content (AvgIpc) is 3.20. The van der Waals surface area contributed by atoms with Crippen molar-refractivity contribution in [2.75, 3.05) is 0 Å². The minimum Gasteiger partial charge on any atom is -0.348 e. The third-order valence-corrected chi connectivity index (χ3v) is 8.87. The van der Waals surface area contributed by atoms with Crippen molar-refractivity contribution in [1.82, 2.24) is 15.3 Å². The monoisotopic (exact) mass is 472 g/mol. The van der Waals surface area contributed by atoms with Crippen LogP contribution >= 0.6 is 7.92 Å². The highest BCUT2D eigenvalue weighted by atomic mass is 31.1. The van der Waals surface area contributed by atoms with Gasteiger partial charge in [-0.2, -0.15) is 0 Å². The second-order valence-corrected chi connectivity index (χ2v) is 10.6. The normalized spacial score (nSPS) is 22.0. The van der Waals surface area contributed by atoms with Gasteiger partial charge in [-0.1, -0.05) is 78.9 Å². The molecule has 172 valence electrons. The maximum atomic E-state index is 13.3. The van der Waals surface area contributed by atoms with Gasteiger partial charge in [0.05, 0.1) is 0 Å². The number of benzene rings is 3. The van der Waals surface area contributed by atoms with E-state index in [0.29, 0.717) is 17.7 Å². The second kappa shape index (κ2) is 9.37. The fourth-order valence-electron chi connectivity index (χ4n) is 4.57. The van der Waals surface area contributed by atoms with Crippen LogP contribution in [0.1, 0.15) is 40.1 Å². The summed E-state index contributed by atoms with van der Waals surface area (Å²) in [6, 6.07) is 26.7. The molecule has 3 N–H and O–H groups in total. The molecule has 3 atom stereocenters. The smallest absolute Gasteiger partial charge is 0.251 e. The van der Waals surface area contributed by atoms with Gasteiger partial charge >= 0.3 is 0 Å². The number of amides is 3. The first-order valence-corrected chi connectivity index (χ1v) is 12.7. The molecule has 0 saturated carbocycles. The van der Waals surface area contributed by atoms with Crippen LogP contribution in [0.4, 0.5) is 0 Å². The topological polar surface area (TPSA) is 95.7 Å². The molecule has 0 spiro atoms. The van der Waals surface area contributed by atoms with Gasteiger partial charge in [0.1, 0.15) is 11.7 Å². The summed E-state index contributed by atoms with van der Waals surface area (Å²) in [5.74, 6) is -1.71. The highest BCUT2D eigenvalue weighted by Gasteiger charge is 2.53. The zero-order valence-corrected chi connectivity index (χ0v) is 19.4. The Labute approximate surface area is 199 Å². The van der Waals surface area contributed by atoms with Gasteiger partial charge in [-0.05, 0) is 30.4 Å². The van der Waals surface area contributed by atoms with E-state index in [-0.39, 0.29) is 30.6 Å². The molecule has 0 aromatic heterocycles. The summed E-state index contributed by atoms with van der Waals surface area (Å²) in [5.41, 5.74) is 8.81. The predicted molar refractivity (Wildman–Crippen MR) is 131 cm³/mol. The summed E-state index contributed by atoms with van der Waals surface area (Å²) in [6.07, 6.45) is 0.284. The molecule has 3 amide bonds. The molecule has 34 heavy (non-hydrogen) atoms. The van der Waals surface area contributed by atoms with Crippen LogP contribution in [0.15, 0.2) is 84.9 Å². The van der Waals surface area contributed by atoms with Crippen LogP contribution in [-0.4, -0.2) is 33.6 Å². The van der Waals surface area contributed by atoms with Crippen molar-refractivity contribution in [2.45, 2.75) is 31.1 Å². The van der Waals surface area contributed by atoms with Crippen LogP contribution in [0.25, 0.3) is 0 Å². The molecule has 3 aromatic carbocycles. The van der Waals surface area contributed by atoms with E-state index in [1.165, 1.54) is 10.0 Å². The van der Waals surface area contributed by atoms with Gasteiger partial charge in [-0.25, -0.2) is 10.0 Å². The van der Waals surface area contributed by atoms with Gasteiger partial charge in [0.15, 0.2) is 0 Å². The molecule has 1 unspecified atom stereocenters. The SMILES string of the molecule is N[C@H]1N2C(=O)CCC(=O)N2[C@H](c2ccccc2C(=O)NCc2ccccc2)P1c1ccccc1. The maximum Gasteiger partial charge on any atom is 0.251 e. The van der Waals surface area contributed by atoms with Crippen LogP contribution in [0, 0.1) is 0 Å². The maximum absolute atomic E-state index is 13.3. The van der Waals surface area contributed by atoms with Gasteiger partial charge in [0, 0.05) is 24.9 Å². The number of nitrogens with zero attached hydrogens (tertiary/aromatic N) is 2. The van der Waals surface area contributed by atoms with Crippen molar-refractivity contribution >= 4 is 30.9 Å². The van der Waals surface area contributed by atoms with Crippen LogP contribution in [0.2, 0.25) is 0 Å². The minimum atomic E-state index is -1.23. The zero-order valence-electron chi connectivity index (χ0n) is 18.5. The molecule has 2 fully saturated rings. The number of carbonyl (C=O) groups excluding carboxylic acids is 3. The van der Waals surface area contributed by atoms with Gasteiger partial charge in [-0.3, -0.25) is 14.4 Å². The zero-order chi connectivity index (χ0) is 23.7. The van der Waals surface area contributed by atoms with Crippen LogP contribution in [0.5, 0.6) is 0 Å². The number of carbonyl (C=O) groups is 3. The largest absolute Gasteiger partial charge is 0.348 e. The fourth-order valence-corrected chi connectivity index (χ4v) is 7.44. The van der Waals surface area contributed by atoms with E-state index in [4.69, 9.17) is 5.73 Å². The van der Waals surface area contributed by atoms with E-state index in [1.807, 2.05) is 78.9 Å². The molecular formula is C26H25N4O3P. The van der Waals surface area contributed by atoms with E-state index >= 15 is 0 Å². The van der Waals surface area contributed by atoms with E-state index in [0.717, 1.165) is 10.9 Å². The number of hydrazine groups is 1. The summed E-state index contributed by atoms with van der Waals surface area (Å²) >= 11 is 0. The number of fused-ring (bicyclic) bond motifs is 1. The molecule has 2 heterocycles. The lowest BCUT2D eigenvalue weighted by atomic mass is 10.1.